The standard InChI is InChI=1S/C14H19ClF3N3O3/c1-13(2,3)24-12(23)8-7-10(15)19-20-11(8)21(4)6-5-9(22)14(16,17)18/h7,9,22H,5-6H2,1-4H3. The van der Waals surface area contributed by atoms with E-state index in [4.69, 9.17) is 21.4 Å². The Kier molecular flexibility index (Phi) is 6.40. The number of aromatic nitrogens is 2. The lowest BCUT2D eigenvalue weighted by Crippen LogP contribution is -2.34. The lowest BCUT2D eigenvalue weighted by molar-refractivity contribution is -0.204. The van der Waals surface area contributed by atoms with Crippen LogP contribution in [0.3, 0.4) is 0 Å². The molecule has 1 unspecified atom stereocenters. The number of aliphatic hydroxyl groups excluding tert-OH is 1. The van der Waals surface area contributed by atoms with Crippen LogP contribution in [0.1, 0.15) is 37.6 Å². The first-order valence-corrected chi connectivity index (χ1v) is 7.41. The molecule has 0 aliphatic heterocycles. The second kappa shape index (κ2) is 7.52. The van der Waals surface area contributed by atoms with Gasteiger partial charge in [-0.25, -0.2) is 4.79 Å². The van der Waals surface area contributed by atoms with Gasteiger partial charge in [-0.05, 0) is 33.3 Å². The molecule has 136 valence electrons. The van der Waals surface area contributed by atoms with Gasteiger partial charge in [0.25, 0.3) is 0 Å². The number of alkyl halides is 3. The summed E-state index contributed by atoms with van der Waals surface area (Å²) in [7, 11) is 1.43. The third-order valence-corrected chi connectivity index (χ3v) is 3.03. The largest absolute Gasteiger partial charge is 0.456 e. The van der Waals surface area contributed by atoms with Crippen molar-refractivity contribution in [2.24, 2.45) is 0 Å². The van der Waals surface area contributed by atoms with Gasteiger partial charge < -0.3 is 14.7 Å². The van der Waals surface area contributed by atoms with Crippen molar-refractivity contribution in [2.75, 3.05) is 18.5 Å². The quantitative estimate of drug-likeness (QED) is 0.804. The number of carbonyl (C=O) groups excluding carboxylic acids is 1. The Bertz CT molecular complexity index is 591. The molecule has 0 fully saturated rings. The van der Waals surface area contributed by atoms with Crippen molar-refractivity contribution in [3.05, 3.63) is 16.8 Å². The fourth-order valence-electron chi connectivity index (χ4n) is 1.71. The third-order valence-electron chi connectivity index (χ3n) is 2.84. The molecule has 24 heavy (non-hydrogen) atoms. The molecular formula is C14H19ClF3N3O3. The van der Waals surface area contributed by atoms with Gasteiger partial charge in [0.2, 0.25) is 0 Å². The van der Waals surface area contributed by atoms with Crippen molar-refractivity contribution < 1.29 is 27.8 Å². The molecule has 0 aliphatic rings. The zero-order valence-electron chi connectivity index (χ0n) is 13.7. The van der Waals surface area contributed by atoms with Crippen LogP contribution in [-0.4, -0.2) is 52.7 Å². The minimum absolute atomic E-state index is 0.0167. The number of esters is 1. The number of ether oxygens (including phenoxy) is 1. The van der Waals surface area contributed by atoms with Crippen LogP contribution < -0.4 is 4.90 Å². The Hall–Kier alpha value is -1.61. The summed E-state index contributed by atoms with van der Waals surface area (Å²) in [5, 5.41) is 16.4. The smallest absolute Gasteiger partial charge is 0.414 e. The normalized spacial score (nSPS) is 13.5. The van der Waals surface area contributed by atoms with Crippen molar-refractivity contribution in [2.45, 2.75) is 45.1 Å². The third kappa shape index (κ3) is 6.12. The van der Waals surface area contributed by atoms with E-state index in [1.165, 1.54) is 18.0 Å². The van der Waals surface area contributed by atoms with E-state index in [9.17, 15) is 18.0 Å². The molecular weight excluding hydrogens is 351 g/mol. The van der Waals surface area contributed by atoms with Crippen LogP contribution in [0, 0.1) is 0 Å². The molecule has 1 aromatic rings. The Morgan fingerprint density at radius 1 is 1.38 bits per heavy atom. The molecule has 1 rings (SSSR count). The highest BCUT2D eigenvalue weighted by atomic mass is 35.5. The topological polar surface area (TPSA) is 75.5 Å². The van der Waals surface area contributed by atoms with Crippen molar-refractivity contribution >= 4 is 23.4 Å². The molecule has 1 heterocycles. The minimum atomic E-state index is -4.71. The molecule has 0 saturated heterocycles. The average Bonchev–Trinajstić information content (AvgIpc) is 2.41. The Morgan fingerprint density at radius 3 is 2.46 bits per heavy atom. The molecule has 6 nitrogen and oxygen atoms in total. The van der Waals surface area contributed by atoms with Gasteiger partial charge in [-0.2, -0.15) is 13.2 Å². The molecule has 0 radical (unpaired) electrons. The number of halogens is 4. The molecule has 0 bridgehead atoms. The van der Waals surface area contributed by atoms with Gasteiger partial charge in [-0.3, -0.25) is 0 Å². The van der Waals surface area contributed by atoms with E-state index < -0.39 is 30.3 Å². The molecule has 0 aliphatic carbocycles. The number of rotatable bonds is 5. The van der Waals surface area contributed by atoms with E-state index in [1.807, 2.05) is 0 Å². The first-order chi connectivity index (χ1) is 10.8. The Labute approximate surface area is 142 Å². The SMILES string of the molecule is CN(CCC(O)C(F)(F)F)c1nnc(Cl)cc1C(=O)OC(C)(C)C. The first kappa shape index (κ1) is 20.4. The summed E-state index contributed by atoms with van der Waals surface area (Å²) >= 11 is 5.74. The summed E-state index contributed by atoms with van der Waals surface area (Å²) in [6, 6.07) is 1.23. The maximum absolute atomic E-state index is 12.4. The van der Waals surface area contributed by atoms with E-state index in [2.05, 4.69) is 10.2 Å². The molecule has 1 atom stereocenters. The molecule has 0 amide bonds. The Morgan fingerprint density at radius 2 is 1.96 bits per heavy atom. The van der Waals surface area contributed by atoms with Gasteiger partial charge in [0.05, 0.1) is 0 Å². The maximum atomic E-state index is 12.4. The predicted molar refractivity (Wildman–Crippen MR) is 82.2 cm³/mol. The van der Waals surface area contributed by atoms with Gasteiger partial charge in [-0.15, -0.1) is 10.2 Å². The number of hydrogen-bond acceptors (Lipinski definition) is 6. The summed E-state index contributed by atoms with van der Waals surface area (Å²) in [6.45, 7) is 4.81. The van der Waals surface area contributed by atoms with Crippen LogP contribution in [-0.2, 0) is 4.74 Å². The van der Waals surface area contributed by atoms with E-state index in [0.717, 1.165) is 0 Å². The molecule has 0 aromatic carbocycles. The number of aliphatic hydroxyl groups is 1. The summed E-state index contributed by atoms with van der Waals surface area (Å²) in [4.78, 5) is 13.5. The summed E-state index contributed by atoms with van der Waals surface area (Å²) < 4.78 is 42.3. The number of hydrogen-bond donors (Lipinski definition) is 1. The van der Waals surface area contributed by atoms with Crippen LogP contribution in [0.25, 0.3) is 0 Å². The fraction of sp³-hybridized carbons (Fsp3) is 0.643. The zero-order valence-corrected chi connectivity index (χ0v) is 14.4. The van der Waals surface area contributed by atoms with E-state index in [-0.39, 0.29) is 23.1 Å². The number of carbonyl (C=O) groups is 1. The van der Waals surface area contributed by atoms with Gasteiger partial charge in [-0.1, -0.05) is 11.6 Å². The van der Waals surface area contributed by atoms with E-state index >= 15 is 0 Å². The van der Waals surface area contributed by atoms with Gasteiger partial charge in [0, 0.05) is 13.6 Å². The van der Waals surface area contributed by atoms with Crippen LogP contribution in [0.4, 0.5) is 19.0 Å². The molecule has 10 heteroatoms. The van der Waals surface area contributed by atoms with Crippen LogP contribution >= 0.6 is 11.6 Å². The lowest BCUT2D eigenvalue weighted by atomic mass is 10.2. The van der Waals surface area contributed by atoms with Gasteiger partial charge >= 0.3 is 12.1 Å². The molecule has 1 aromatic heterocycles. The summed E-state index contributed by atoms with van der Waals surface area (Å²) in [5.74, 6) is -0.708. The molecule has 0 spiro atoms. The van der Waals surface area contributed by atoms with Crippen LogP contribution in [0.5, 0.6) is 0 Å². The van der Waals surface area contributed by atoms with Crippen LogP contribution in [0.2, 0.25) is 5.15 Å². The predicted octanol–water partition coefficient (Wildman–Crippen LogP) is 2.83. The van der Waals surface area contributed by atoms with Gasteiger partial charge in [0.15, 0.2) is 17.1 Å². The van der Waals surface area contributed by atoms with Crippen molar-refractivity contribution in [1.82, 2.24) is 10.2 Å². The van der Waals surface area contributed by atoms with E-state index in [0.29, 0.717) is 0 Å². The van der Waals surface area contributed by atoms with E-state index in [1.54, 1.807) is 20.8 Å². The number of anilines is 1. The molecule has 1 N–H and O–H groups in total. The zero-order chi connectivity index (χ0) is 18.7. The lowest BCUT2D eigenvalue weighted by Gasteiger charge is -2.24. The second-order valence-corrected chi connectivity index (χ2v) is 6.56. The fourth-order valence-corrected chi connectivity index (χ4v) is 1.86. The van der Waals surface area contributed by atoms with Crippen LogP contribution in [0.15, 0.2) is 6.07 Å². The van der Waals surface area contributed by atoms with Crippen molar-refractivity contribution in [3.8, 4) is 0 Å². The minimum Gasteiger partial charge on any atom is -0.456 e. The van der Waals surface area contributed by atoms with Crippen molar-refractivity contribution in [3.63, 3.8) is 0 Å². The highest BCUT2D eigenvalue weighted by molar-refractivity contribution is 6.29. The van der Waals surface area contributed by atoms with Crippen molar-refractivity contribution in [1.29, 1.82) is 0 Å². The second-order valence-electron chi connectivity index (χ2n) is 6.17. The Balaban J connectivity index is 2.96. The highest BCUT2D eigenvalue weighted by Crippen LogP contribution is 2.25. The average molecular weight is 370 g/mol. The summed E-state index contributed by atoms with van der Waals surface area (Å²) in [6.07, 6.45) is -7.76. The van der Waals surface area contributed by atoms with Gasteiger partial charge in [0.1, 0.15) is 11.2 Å². The monoisotopic (exact) mass is 369 g/mol. The number of nitrogens with zero attached hydrogens (tertiary/aromatic N) is 3. The summed E-state index contributed by atoms with van der Waals surface area (Å²) in [5.41, 5.74) is -0.788. The first-order valence-electron chi connectivity index (χ1n) is 7.04. The highest BCUT2D eigenvalue weighted by Gasteiger charge is 2.38. The molecule has 0 saturated carbocycles. The maximum Gasteiger partial charge on any atom is 0.414 e.